The highest BCUT2D eigenvalue weighted by Gasteiger charge is 2.31. The molecule has 3 aromatic rings. The van der Waals surface area contributed by atoms with Crippen LogP contribution in [-0.4, -0.2) is 89.8 Å². The van der Waals surface area contributed by atoms with E-state index in [-0.39, 0.29) is 37.4 Å². The summed E-state index contributed by atoms with van der Waals surface area (Å²) in [6, 6.07) is 7.08. The fourth-order valence-electron chi connectivity index (χ4n) is 4.61. The number of carbonyl (C=O) groups excluding carboxylic acids is 2. The number of hydrogen-bond donors (Lipinski definition) is 1. The van der Waals surface area contributed by atoms with Gasteiger partial charge in [0.25, 0.3) is 5.91 Å². The molecule has 2 aromatic heterocycles. The van der Waals surface area contributed by atoms with Crippen molar-refractivity contribution in [1.82, 2.24) is 29.7 Å². The molecule has 1 aromatic carbocycles. The summed E-state index contributed by atoms with van der Waals surface area (Å²) in [7, 11) is 4.53. The van der Waals surface area contributed by atoms with E-state index in [1.54, 1.807) is 49.6 Å². The van der Waals surface area contributed by atoms with E-state index in [9.17, 15) is 9.59 Å². The van der Waals surface area contributed by atoms with Crippen LogP contribution in [0.3, 0.4) is 0 Å². The molecule has 214 valence electrons. The highest BCUT2D eigenvalue weighted by molar-refractivity contribution is 5.96. The lowest BCUT2D eigenvalue weighted by Gasteiger charge is -2.38. The van der Waals surface area contributed by atoms with Crippen molar-refractivity contribution < 1.29 is 23.8 Å². The van der Waals surface area contributed by atoms with E-state index in [0.717, 1.165) is 23.6 Å². The van der Waals surface area contributed by atoms with E-state index in [1.807, 2.05) is 12.1 Å². The van der Waals surface area contributed by atoms with Gasteiger partial charge in [-0.25, -0.2) is 9.97 Å². The first-order valence-corrected chi connectivity index (χ1v) is 13.2. The van der Waals surface area contributed by atoms with E-state index in [4.69, 9.17) is 24.2 Å². The van der Waals surface area contributed by atoms with Crippen molar-refractivity contribution >= 4 is 17.6 Å². The molecule has 0 bridgehead atoms. The Balaban J connectivity index is 1.60. The molecule has 0 radical (unpaired) electrons. The largest absolute Gasteiger partial charge is 0.493 e. The fraction of sp³-hybridized carbons (Fsp3) is 0.464. The van der Waals surface area contributed by atoms with Crippen LogP contribution in [0.15, 0.2) is 43.0 Å². The molecule has 1 fully saturated rings. The number of ether oxygens (including phenoxy) is 3. The fourth-order valence-corrected chi connectivity index (χ4v) is 4.61. The Morgan fingerprint density at radius 1 is 1.10 bits per heavy atom. The minimum absolute atomic E-state index is 0.0807. The summed E-state index contributed by atoms with van der Waals surface area (Å²) >= 11 is 0. The number of aromatic nitrogens is 4. The molecule has 1 N–H and O–H groups in total. The number of benzene rings is 1. The molecule has 0 aliphatic carbocycles. The third-order valence-corrected chi connectivity index (χ3v) is 6.76. The average molecular weight is 552 g/mol. The second-order valence-electron chi connectivity index (χ2n) is 9.83. The van der Waals surface area contributed by atoms with Crippen molar-refractivity contribution in [1.29, 1.82) is 0 Å². The molecule has 12 heteroatoms. The smallest absolute Gasteiger partial charge is 0.255 e. The monoisotopic (exact) mass is 551 g/mol. The van der Waals surface area contributed by atoms with Crippen LogP contribution >= 0.6 is 0 Å². The minimum atomic E-state index is -0.413. The molecule has 1 aliphatic heterocycles. The van der Waals surface area contributed by atoms with Crippen molar-refractivity contribution in [3.63, 3.8) is 0 Å². The number of methoxy groups -OCH3 is 3. The van der Waals surface area contributed by atoms with E-state index < -0.39 is 5.91 Å². The predicted molar refractivity (Wildman–Crippen MR) is 149 cm³/mol. The first-order chi connectivity index (χ1) is 19.3. The summed E-state index contributed by atoms with van der Waals surface area (Å²) < 4.78 is 17.6. The summed E-state index contributed by atoms with van der Waals surface area (Å²) in [6.07, 6.45) is 5.25. The van der Waals surface area contributed by atoms with Crippen molar-refractivity contribution in [2.45, 2.75) is 38.8 Å². The Bertz CT molecular complexity index is 1300. The second-order valence-corrected chi connectivity index (χ2v) is 9.83. The predicted octanol–water partition coefficient (Wildman–Crippen LogP) is 2.17. The number of imidazole rings is 1. The number of hydrogen-bond acceptors (Lipinski definition) is 10. The lowest BCUT2D eigenvalue weighted by atomic mass is 10.1. The van der Waals surface area contributed by atoms with Gasteiger partial charge in [-0.15, -0.1) is 0 Å². The van der Waals surface area contributed by atoms with Crippen LogP contribution in [0.5, 0.6) is 11.5 Å². The maximum atomic E-state index is 13.7. The van der Waals surface area contributed by atoms with Gasteiger partial charge in [0.05, 0.1) is 32.5 Å². The van der Waals surface area contributed by atoms with Crippen molar-refractivity contribution in [2.24, 2.45) is 0 Å². The SMILES string of the molecule is COCC(=O)N(Cc1ccc(OC)c(OC)c1)C(=O)CC1CNCCN1c1cc(C(C)C)nc(-n2ccnc2)n1. The van der Waals surface area contributed by atoms with Gasteiger partial charge in [0.15, 0.2) is 11.5 Å². The van der Waals surface area contributed by atoms with Gasteiger partial charge in [0, 0.05) is 51.6 Å². The quantitative estimate of drug-likeness (QED) is 0.379. The third-order valence-electron chi connectivity index (χ3n) is 6.76. The molecule has 1 atom stereocenters. The Labute approximate surface area is 234 Å². The maximum absolute atomic E-state index is 13.7. The normalized spacial score (nSPS) is 15.2. The Morgan fingerprint density at radius 3 is 2.58 bits per heavy atom. The molecule has 3 heterocycles. The molecule has 2 amide bonds. The Kier molecular flexibility index (Phi) is 9.67. The number of rotatable bonds is 11. The van der Waals surface area contributed by atoms with Gasteiger partial charge < -0.3 is 24.4 Å². The molecule has 0 saturated carbocycles. The van der Waals surface area contributed by atoms with Crippen molar-refractivity contribution in [2.75, 3.05) is 52.5 Å². The topological polar surface area (TPSA) is 124 Å². The maximum Gasteiger partial charge on any atom is 0.255 e. The summed E-state index contributed by atoms with van der Waals surface area (Å²) in [5.41, 5.74) is 1.62. The standard InChI is InChI=1S/C28H37N7O5/c1-19(2)22-14-25(32-28(31-22)33-10-8-30-18-33)34-11-9-29-15-21(34)13-26(36)35(27(37)17-38-3)16-20-6-7-23(39-4)24(12-20)40-5/h6-8,10,12,14,18-19,21,29H,9,11,13,15-17H2,1-5H3. The molecule has 1 saturated heterocycles. The number of nitrogens with one attached hydrogen (secondary N) is 1. The molecule has 1 aliphatic rings. The summed E-state index contributed by atoms with van der Waals surface area (Å²) in [6.45, 7) is 5.99. The number of piperazine rings is 1. The molecule has 1 unspecified atom stereocenters. The molecule has 40 heavy (non-hydrogen) atoms. The van der Waals surface area contributed by atoms with Crippen LogP contribution in [-0.2, 0) is 20.9 Å². The molecule has 4 rings (SSSR count). The number of anilines is 1. The molecular weight excluding hydrogens is 514 g/mol. The number of amides is 2. The number of carbonyl (C=O) groups is 2. The van der Waals surface area contributed by atoms with Crippen LogP contribution in [0.1, 0.15) is 37.4 Å². The highest BCUT2D eigenvalue weighted by atomic mass is 16.5. The average Bonchev–Trinajstić information content (AvgIpc) is 3.51. The first kappa shape index (κ1) is 29.0. The van der Waals surface area contributed by atoms with Gasteiger partial charge in [-0.1, -0.05) is 19.9 Å². The van der Waals surface area contributed by atoms with Gasteiger partial charge in [0.2, 0.25) is 11.9 Å². The van der Waals surface area contributed by atoms with Crippen LogP contribution in [0.2, 0.25) is 0 Å². The Morgan fingerprint density at radius 2 is 1.90 bits per heavy atom. The van der Waals surface area contributed by atoms with Gasteiger partial charge in [0.1, 0.15) is 18.8 Å². The zero-order chi connectivity index (χ0) is 28.6. The summed E-state index contributed by atoms with van der Waals surface area (Å²) in [5.74, 6) is 1.80. The van der Waals surface area contributed by atoms with Crippen LogP contribution < -0.4 is 19.7 Å². The van der Waals surface area contributed by atoms with E-state index in [2.05, 4.69) is 29.0 Å². The lowest BCUT2D eigenvalue weighted by Crippen LogP contribution is -2.54. The van der Waals surface area contributed by atoms with Crippen LogP contribution in [0.4, 0.5) is 5.82 Å². The zero-order valence-electron chi connectivity index (χ0n) is 23.7. The molecule has 0 spiro atoms. The number of imide groups is 1. The third kappa shape index (κ3) is 6.75. The molecule has 12 nitrogen and oxygen atoms in total. The van der Waals surface area contributed by atoms with E-state index >= 15 is 0 Å². The summed E-state index contributed by atoms with van der Waals surface area (Å²) in [5, 5.41) is 3.38. The second kappa shape index (κ2) is 13.4. The highest BCUT2D eigenvalue weighted by Crippen LogP contribution is 2.29. The van der Waals surface area contributed by atoms with Gasteiger partial charge in [-0.05, 0) is 23.6 Å². The minimum Gasteiger partial charge on any atom is -0.493 e. The van der Waals surface area contributed by atoms with Crippen molar-refractivity contribution in [3.05, 3.63) is 54.2 Å². The van der Waals surface area contributed by atoms with E-state index in [1.165, 1.54) is 12.0 Å². The van der Waals surface area contributed by atoms with Gasteiger partial charge in [-0.3, -0.25) is 19.1 Å². The van der Waals surface area contributed by atoms with Gasteiger partial charge in [-0.2, -0.15) is 4.98 Å². The van der Waals surface area contributed by atoms with Crippen molar-refractivity contribution in [3.8, 4) is 17.4 Å². The zero-order valence-corrected chi connectivity index (χ0v) is 23.7. The van der Waals surface area contributed by atoms with Crippen LogP contribution in [0.25, 0.3) is 5.95 Å². The molecular formula is C28H37N7O5. The van der Waals surface area contributed by atoms with E-state index in [0.29, 0.717) is 30.5 Å². The van der Waals surface area contributed by atoms with Gasteiger partial charge >= 0.3 is 0 Å². The number of nitrogens with zero attached hydrogens (tertiary/aromatic N) is 6. The lowest BCUT2D eigenvalue weighted by molar-refractivity contribution is -0.148. The Hall–Kier alpha value is -4.03. The summed E-state index contributed by atoms with van der Waals surface area (Å²) in [4.78, 5) is 43.8. The first-order valence-electron chi connectivity index (χ1n) is 13.2. The van der Waals surface area contributed by atoms with Crippen LogP contribution in [0, 0.1) is 0 Å².